The molecule has 1 aliphatic heterocycles. The summed E-state index contributed by atoms with van der Waals surface area (Å²) in [4.78, 5) is 11.8. The molecular formula is C11H16F2O3. The van der Waals surface area contributed by atoms with Crippen LogP contribution in [0.25, 0.3) is 0 Å². The maximum Gasteiger partial charge on any atom is 0.249 e. The van der Waals surface area contributed by atoms with E-state index in [-0.39, 0.29) is 37.8 Å². The van der Waals surface area contributed by atoms with Crippen molar-refractivity contribution in [3.05, 3.63) is 0 Å². The summed E-state index contributed by atoms with van der Waals surface area (Å²) in [6, 6.07) is 0. The van der Waals surface area contributed by atoms with Crippen LogP contribution in [0.2, 0.25) is 0 Å². The van der Waals surface area contributed by atoms with Crippen LogP contribution in [0.15, 0.2) is 0 Å². The lowest BCUT2D eigenvalue weighted by Gasteiger charge is -2.39. The molecule has 2 fully saturated rings. The van der Waals surface area contributed by atoms with Crippen molar-refractivity contribution in [1.82, 2.24) is 0 Å². The third-order valence-corrected chi connectivity index (χ3v) is 3.16. The molecule has 0 atom stereocenters. The van der Waals surface area contributed by atoms with Gasteiger partial charge in [-0.2, -0.15) is 0 Å². The third-order valence-electron chi connectivity index (χ3n) is 3.16. The van der Waals surface area contributed by atoms with E-state index in [2.05, 4.69) is 0 Å². The number of carbonyl (C=O) groups excluding carboxylic acids is 1. The van der Waals surface area contributed by atoms with Gasteiger partial charge in [-0.25, -0.2) is 8.78 Å². The Morgan fingerprint density at radius 1 is 1.12 bits per heavy atom. The van der Waals surface area contributed by atoms with Crippen molar-refractivity contribution in [1.29, 1.82) is 0 Å². The smallest absolute Gasteiger partial charge is 0.249 e. The molecule has 1 saturated heterocycles. The molecule has 1 heterocycles. The van der Waals surface area contributed by atoms with Crippen LogP contribution in [-0.4, -0.2) is 30.7 Å². The maximum atomic E-state index is 12.6. The van der Waals surface area contributed by atoms with Crippen molar-refractivity contribution in [3.63, 3.8) is 0 Å². The Hall–Kier alpha value is -0.550. The molecule has 1 aliphatic carbocycles. The topological polar surface area (TPSA) is 35.5 Å². The second-order valence-electron chi connectivity index (χ2n) is 5.08. The second kappa shape index (κ2) is 3.74. The van der Waals surface area contributed by atoms with Gasteiger partial charge in [-0.1, -0.05) is 0 Å². The molecule has 0 aromatic heterocycles. The first-order valence-corrected chi connectivity index (χ1v) is 5.49. The monoisotopic (exact) mass is 234 g/mol. The normalized spacial score (nSPS) is 29.8. The number of alkyl halides is 2. The Morgan fingerprint density at radius 2 is 1.62 bits per heavy atom. The lowest BCUT2D eigenvalue weighted by Crippen LogP contribution is -2.48. The summed E-state index contributed by atoms with van der Waals surface area (Å²) in [5.41, 5.74) is 0. The molecule has 3 nitrogen and oxygen atoms in total. The van der Waals surface area contributed by atoms with Gasteiger partial charge < -0.3 is 9.47 Å². The van der Waals surface area contributed by atoms with Crippen LogP contribution in [-0.2, 0) is 14.3 Å². The van der Waals surface area contributed by atoms with Crippen LogP contribution in [0.1, 0.15) is 26.7 Å². The molecule has 16 heavy (non-hydrogen) atoms. The molecule has 2 rings (SSSR count). The minimum Gasteiger partial charge on any atom is -0.350 e. The molecule has 1 saturated carbocycles. The molecule has 0 amide bonds. The van der Waals surface area contributed by atoms with Gasteiger partial charge in [0.2, 0.25) is 5.92 Å². The fourth-order valence-corrected chi connectivity index (χ4v) is 2.05. The van der Waals surface area contributed by atoms with Gasteiger partial charge >= 0.3 is 0 Å². The van der Waals surface area contributed by atoms with E-state index in [9.17, 15) is 13.6 Å². The van der Waals surface area contributed by atoms with Gasteiger partial charge in [0.1, 0.15) is 5.78 Å². The van der Waals surface area contributed by atoms with Gasteiger partial charge in [0.25, 0.3) is 0 Å². The van der Waals surface area contributed by atoms with E-state index in [1.807, 2.05) is 0 Å². The fourth-order valence-electron chi connectivity index (χ4n) is 2.05. The molecule has 0 spiro atoms. The number of ether oxygens (including phenoxy) is 2. The highest BCUT2D eigenvalue weighted by molar-refractivity contribution is 5.84. The van der Waals surface area contributed by atoms with Gasteiger partial charge in [0.15, 0.2) is 5.79 Å². The summed E-state index contributed by atoms with van der Waals surface area (Å²) >= 11 is 0. The molecule has 0 radical (unpaired) electrons. The third kappa shape index (κ3) is 2.40. The summed E-state index contributed by atoms with van der Waals surface area (Å²) in [6.45, 7) is 4.08. The lowest BCUT2D eigenvalue weighted by atomic mass is 9.75. The van der Waals surface area contributed by atoms with Crippen LogP contribution < -0.4 is 0 Å². The van der Waals surface area contributed by atoms with Crippen LogP contribution >= 0.6 is 0 Å². The van der Waals surface area contributed by atoms with Crippen molar-refractivity contribution in [3.8, 4) is 0 Å². The Balaban J connectivity index is 1.84. The number of hydrogen-bond donors (Lipinski definition) is 0. The van der Waals surface area contributed by atoms with Crippen molar-refractivity contribution in [2.24, 2.45) is 11.8 Å². The number of hydrogen-bond acceptors (Lipinski definition) is 3. The van der Waals surface area contributed by atoms with Crippen LogP contribution in [0.4, 0.5) is 8.78 Å². The summed E-state index contributed by atoms with van der Waals surface area (Å²) in [6.07, 6.45) is -0.628. The molecular weight excluding hydrogens is 218 g/mol. The van der Waals surface area contributed by atoms with E-state index in [4.69, 9.17) is 9.47 Å². The Bertz CT molecular complexity index is 284. The highest BCUT2D eigenvalue weighted by Crippen LogP contribution is 2.44. The first-order chi connectivity index (χ1) is 7.29. The number of carbonyl (C=O) groups is 1. The van der Waals surface area contributed by atoms with Crippen molar-refractivity contribution >= 4 is 5.78 Å². The fraction of sp³-hybridized carbons (Fsp3) is 0.909. The van der Waals surface area contributed by atoms with E-state index >= 15 is 0 Å². The summed E-state index contributed by atoms with van der Waals surface area (Å²) in [7, 11) is 0. The van der Waals surface area contributed by atoms with Crippen LogP contribution in [0.5, 0.6) is 0 Å². The van der Waals surface area contributed by atoms with Crippen molar-refractivity contribution in [2.45, 2.75) is 38.4 Å². The highest BCUT2D eigenvalue weighted by atomic mass is 19.3. The number of halogens is 2. The standard InChI is InChI=1S/C11H16F2O3/c1-10(2)15-5-8(6-16-10)9(14)7-3-11(12,13)4-7/h7-8H,3-6H2,1-2H3. The Kier molecular flexibility index (Phi) is 2.78. The van der Waals surface area contributed by atoms with Gasteiger partial charge in [-0.3, -0.25) is 4.79 Å². The van der Waals surface area contributed by atoms with Gasteiger partial charge in [-0.05, 0) is 13.8 Å². The quantitative estimate of drug-likeness (QED) is 0.733. The molecule has 5 heteroatoms. The zero-order valence-electron chi connectivity index (χ0n) is 9.46. The SMILES string of the molecule is CC1(C)OCC(C(=O)C2CC(F)(F)C2)CO1. The lowest BCUT2D eigenvalue weighted by molar-refractivity contribution is -0.260. The van der Waals surface area contributed by atoms with E-state index < -0.39 is 17.6 Å². The summed E-state index contributed by atoms with van der Waals surface area (Å²) in [5, 5.41) is 0. The van der Waals surface area contributed by atoms with Crippen molar-refractivity contribution in [2.75, 3.05) is 13.2 Å². The molecule has 0 aromatic rings. The minimum atomic E-state index is -2.64. The average Bonchev–Trinajstić information content (AvgIpc) is 2.13. The van der Waals surface area contributed by atoms with Gasteiger partial charge in [-0.15, -0.1) is 0 Å². The van der Waals surface area contributed by atoms with E-state index in [1.54, 1.807) is 13.8 Å². The second-order valence-corrected chi connectivity index (χ2v) is 5.08. The predicted octanol–water partition coefficient (Wildman–Crippen LogP) is 2.00. The summed E-state index contributed by atoms with van der Waals surface area (Å²) < 4.78 is 35.9. The Morgan fingerprint density at radius 3 is 2.06 bits per heavy atom. The summed E-state index contributed by atoms with van der Waals surface area (Å²) in [5.74, 6) is -4.33. The minimum absolute atomic E-state index is 0.138. The van der Waals surface area contributed by atoms with Crippen molar-refractivity contribution < 1.29 is 23.0 Å². The van der Waals surface area contributed by atoms with E-state index in [0.29, 0.717) is 0 Å². The first kappa shape index (κ1) is 11.9. The molecule has 0 N–H and O–H groups in total. The zero-order valence-corrected chi connectivity index (χ0v) is 9.46. The maximum absolute atomic E-state index is 12.6. The predicted molar refractivity (Wildman–Crippen MR) is 52.2 cm³/mol. The largest absolute Gasteiger partial charge is 0.350 e. The Labute approximate surface area is 93.1 Å². The van der Waals surface area contributed by atoms with E-state index in [1.165, 1.54) is 0 Å². The number of Topliss-reactive ketones (excluding diaryl/α,β-unsaturated/α-hetero) is 1. The van der Waals surface area contributed by atoms with Gasteiger partial charge in [0.05, 0.1) is 19.1 Å². The zero-order chi connectivity index (χ0) is 12.0. The highest BCUT2D eigenvalue weighted by Gasteiger charge is 2.50. The molecule has 0 aromatic carbocycles. The van der Waals surface area contributed by atoms with Gasteiger partial charge in [0, 0.05) is 18.8 Å². The first-order valence-electron chi connectivity index (χ1n) is 5.49. The molecule has 92 valence electrons. The molecule has 0 unspecified atom stereocenters. The van der Waals surface area contributed by atoms with E-state index in [0.717, 1.165) is 0 Å². The van der Waals surface area contributed by atoms with Crippen LogP contribution in [0.3, 0.4) is 0 Å². The number of ketones is 1. The molecule has 2 aliphatic rings. The molecule has 0 bridgehead atoms. The van der Waals surface area contributed by atoms with Crippen LogP contribution in [0, 0.1) is 11.8 Å². The number of rotatable bonds is 2. The average molecular weight is 234 g/mol.